The molecule has 1 atom stereocenters. The molecule has 1 heterocycles. The molecule has 0 bridgehead atoms. The lowest BCUT2D eigenvalue weighted by Crippen LogP contribution is -1.90. The summed E-state index contributed by atoms with van der Waals surface area (Å²) in [6, 6.07) is 4.42. The Morgan fingerprint density at radius 2 is 2.29 bits per heavy atom. The number of aliphatic hydroxyl groups excluding tert-OH is 1. The lowest BCUT2D eigenvalue weighted by molar-refractivity contribution is 0.230. The Morgan fingerprint density at radius 1 is 1.50 bits per heavy atom. The molecule has 0 aliphatic heterocycles. The zero-order valence-corrected chi connectivity index (χ0v) is 7.50. The fourth-order valence-corrected chi connectivity index (χ4v) is 1.49. The second-order valence-corrected chi connectivity index (χ2v) is 3.11. The van der Waals surface area contributed by atoms with Crippen LogP contribution in [0.15, 0.2) is 37.1 Å². The third-order valence-electron chi connectivity index (χ3n) is 2.22. The quantitative estimate of drug-likeness (QED) is 0.703. The number of hydrogen-bond acceptors (Lipinski definition) is 1. The van der Waals surface area contributed by atoms with Gasteiger partial charge in [-0.3, -0.25) is 0 Å². The highest BCUT2D eigenvalue weighted by Gasteiger charge is 2.09. The van der Waals surface area contributed by atoms with Gasteiger partial charge in [0, 0.05) is 22.7 Å². The average Bonchev–Trinajstić information content (AvgIpc) is 2.59. The molecule has 0 amide bonds. The van der Waals surface area contributed by atoms with Gasteiger partial charge in [-0.1, -0.05) is 6.08 Å². The van der Waals surface area contributed by atoms with E-state index in [0.29, 0.717) is 10.9 Å². The molecule has 0 aliphatic rings. The smallest absolute Gasteiger partial charge is 0.123 e. The van der Waals surface area contributed by atoms with Crippen LogP contribution >= 0.6 is 0 Å². The number of H-pyrrole nitrogens is 1. The maximum Gasteiger partial charge on any atom is 0.123 e. The summed E-state index contributed by atoms with van der Waals surface area (Å²) in [7, 11) is 0. The topological polar surface area (TPSA) is 36.0 Å². The fraction of sp³-hybridized carbons (Fsp3) is 0.0909. The number of hydrogen-bond donors (Lipinski definition) is 2. The molecule has 1 aromatic heterocycles. The summed E-state index contributed by atoms with van der Waals surface area (Å²) in [6.07, 6.45) is 2.31. The van der Waals surface area contributed by atoms with Crippen LogP contribution < -0.4 is 0 Å². The molecule has 0 fully saturated rings. The van der Waals surface area contributed by atoms with E-state index in [9.17, 15) is 9.50 Å². The summed E-state index contributed by atoms with van der Waals surface area (Å²) in [4.78, 5) is 2.96. The highest BCUT2D eigenvalue weighted by molar-refractivity contribution is 5.83. The van der Waals surface area contributed by atoms with Crippen LogP contribution in [0, 0.1) is 5.82 Å². The normalized spacial score (nSPS) is 13.0. The second kappa shape index (κ2) is 3.27. The minimum Gasteiger partial charge on any atom is -0.384 e. The molecule has 1 unspecified atom stereocenters. The molecular weight excluding hydrogens is 181 g/mol. The summed E-state index contributed by atoms with van der Waals surface area (Å²) in [5.74, 6) is -0.311. The zero-order valence-electron chi connectivity index (χ0n) is 7.50. The Hall–Kier alpha value is -1.61. The summed E-state index contributed by atoms with van der Waals surface area (Å²) in [5.41, 5.74) is 1.46. The Kier molecular flexibility index (Phi) is 2.09. The highest BCUT2D eigenvalue weighted by Crippen LogP contribution is 2.25. The Balaban J connectivity index is 2.66. The predicted octanol–water partition coefficient (Wildman–Crippen LogP) is 2.53. The van der Waals surface area contributed by atoms with Crippen LogP contribution in [0.2, 0.25) is 0 Å². The van der Waals surface area contributed by atoms with E-state index in [-0.39, 0.29) is 5.82 Å². The maximum atomic E-state index is 12.9. The van der Waals surface area contributed by atoms with Crippen LogP contribution in [-0.4, -0.2) is 10.1 Å². The molecule has 2 aromatic rings. The lowest BCUT2D eigenvalue weighted by atomic mass is 10.1. The van der Waals surface area contributed by atoms with E-state index in [1.165, 1.54) is 18.2 Å². The monoisotopic (exact) mass is 191 g/mol. The predicted molar refractivity (Wildman–Crippen MR) is 53.4 cm³/mol. The van der Waals surface area contributed by atoms with Gasteiger partial charge in [-0.05, 0) is 18.2 Å². The van der Waals surface area contributed by atoms with Gasteiger partial charge in [-0.15, -0.1) is 6.58 Å². The van der Waals surface area contributed by atoms with Gasteiger partial charge in [0.25, 0.3) is 0 Å². The minimum absolute atomic E-state index is 0.311. The number of aromatic amines is 1. The summed E-state index contributed by atoms with van der Waals surface area (Å²) in [6.45, 7) is 3.49. The number of rotatable bonds is 2. The number of aliphatic hydroxyl groups is 1. The van der Waals surface area contributed by atoms with Crippen molar-refractivity contribution in [1.82, 2.24) is 4.98 Å². The van der Waals surface area contributed by atoms with E-state index >= 15 is 0 Å². The zero-order chi connectivity index (χ0) is 10.1. The van der Waals surface area contributed by atoms with Gasteiger partial charge >= 0.3 is 0 Å². The third kappa shape index (κ3) is 1.32. The Bertz CT molecular complexity index is 475. The van der Waals surface area contributed by atoms with Crippen molar-refractivity contribution in [2.45, 2.75) is 6.10 Å². The first-order valence-electron chi connectivity index (χ1n) is 4.29. The van der Waals surface area contributed by atoms with Gasteiger partial charge in [0.05, 0.1) is 6.10 Å². The molecule has 2 nitrogen and oxygen atoms in total. The number of nitrogens with one attached hydrogen (secondary N) is 1. The van der Waals surface area contributed by atoms with E-state index in [2.05, 4.69) is 11.6 Å². The van der Waals surface area contributed by atoms with Crippen LogP contribution in [0.4, 0.5) is 4.39 Å². The summed E-state index contributed by atoms with van der Waals surface area (Å²) in [5, 5.41) is 10.2. The molecule has 0 saturated heterocycles. The van der Waals surface area contributed by atoms with Crippen molar-refractivity contribution in [3.05, 3.63) is 48.4 Å². The summed E-state index contributed by atoms with van der Waals surface area (Å²) >= 11 is 0. The van der Waals surface area contributed by atoms with Crippen LogP contribution in [0.1, 0.15) is 11.7 Å². The van der Waals surface area contributed by atoms with Gasteiger partial charge in [0.2, 0.25) is 0 Å². The van der Waals surface area contributed by atoms with Crippen molar-refractivity contribution in [3.63, 3.8) is 0 Å². The number of fused-ring (bicyclic) bond motifs is 1. The van der Waals surface area contributed by atoms with Crippen molar-refractivity contribution in [1.29, 1.82) is 0 Å². The molecule has 0 radical (unpaired) electrons. The van der Waals surface area contributed by atoms with Gasteiger partial charge < -0.3 is 10.1 Å². The third-order valence-corrected chi connectivity index (χ3v) is 2.22. The second-order valence-electron chi connectivity index (χ2n) is 3.11. The molecule has 2 N–H and O–H groups in total. The van der Waals surface area contributed by atoms with Gasteiger partial charge in [0.15, 0.2) is 0 Å². The van der Waals surface area contributed by atoms with Crippen molar-refractivity contribution >= 4 is 10.9 Å². The molecule has 0 aliphatic carbocycles. The van der Waals surface area contributed by atoms with Gasteiger partial charge in [-0.2, -0.15) is 0 Å². The van der Waals surface area contributed by atoms with Gasteiger partial charge in [-0.25, -0.2) is 4.39 Å². The van der Waals surface area contributed by atoms with E-state index in [4.69, 9.17) is 0 Å². The number of aromatic nitrogens is 1. The van der Waals surface area contributed by atoms with Crippen molar-refractivity contribution < 1.29 is 9.50 Å². The van der Waals surface area contributed by atoms with E-state index in [1.807, 2.05) is 0 Å². The highest BCUT2D eigenvalue weighted by atomic mass is 19.1. The molecule has 0 spiro atoms. The maximum absolute atomic E-state index is 12.9. The first-order valence-corrected chi connectivity index (χ1v) is 4.29. The Morgan fingerprint density at radius 3 is 3.00 bits per heavy atom. The van der Waals surface area contributed by atoms with E-state index < -0.39 is 6.10 Å². The lowest BCUT2D eigenvalue weighted by Gasteiger charge is -2.02. The molecule has 3 heteroatoms. The largest absolute Gasteiger partial charge is 0.384 e. The van der Waals surface area contributed by atoms with Gasteiger partial charge in [0.1, 0.15) is 5.82 Å². The minimum atomic E-state index is -0.759. The summed E-state index contributed by atoms with van der Waals surface area (Å²) < 4.78 is 12.9. The molecule has 1 aromatic carbocycles. The first kappa shape index (κ1) is 8.97. The molecule has 2 rings (SSSR count). The van der Waals surface area contributed by atoms with Crippen molar-refractivity contribution in [2.24, 2.45) is 0 Å². The number of benzene rings is 1. The first-order chi connectivity index (χ1) is 6.72. The Labute approximate surface area is 80.7 Å². The van der Waals surface area contributed by atoms with Crippen molar-refractivity contribution in [3.8, 4) is 0 Å². The molecule has 72 valence electrons. The standard InChI is InChI=1S/C11H10FNO/c1-2-11(14)9-6-13-10-4-3-7(12)5-8(9)10/h2-6,11,13-14H,1H2. The van der Waals surface area contributed by atoms with Crippen molar-refractivity contribution in [2.75, 3.05) is 0 Å². The number of halogens is 1. The van der Waals surface area contributed by atoms with Crippen LogP contribution in [0.3, 0.4) is 0 Å². The van der Waals surface area contributed by atoms with Crippen LogP contribution in [-0.2, 0) is 0 Å². The van der Waals surface area contributed by atoms with E-state index in [0.717, 1.165) is 5.52 Å². The van der Waals surface area contributed by atoms with Crippen LogP contribution in [0.5, 0.6) is 0 Å². The fourth-order valence-electron chi connectivity index (χ4n) is 1.49. The molecular formula is C11H10FNO. The molecule has 0 saturated carbocycles. The van der Waals surface area contributed by atoms with Crippen LogP contribution in [0.25, 0.3) is 10.9 Å². The molecule has 14 heavy (non-hydrogen) atoms. The SMILES string of the molecule is C=CC(O)c1c[nH]c2ccc(F)cc12. The van der Waals surface area contributed by atoms with E-state index in [1.54, 1.807) is 12.3 Å². The average molecular weight is 191 g/mol.